The first-order valence-corrected chi connectivity index (χ1v) is 7.77. The first kappa shape index (κ1) is 15.5. The fraction of sp³-hybridized carbons (Fsp3) is 0.588. The molecule has 4 atom stereocenters. The lowest BCUT2D eigenvalue weighted by Gasteiger charge is -2.19. The van der Waals surface area contributed by atoms with Crippen molar-refractivity contribution in [3.8, 4) is 0 Å². The van der Waals surface area contributed by atoms with Crippen molar-refractivity contribution in [3.05, 3.63) is 35.9 Å². The summed E-state index contributed by atoms with van der Waals surface area (Å²) in [6.07, 6.45) is -0.569. The van der Waals surface area contributed by atoms with Gasteiger partial charge in [-0.25, -0.2) is 0 Å². The molecule has 5 heteroatoms. The second kappa shape index (κ2) is 5.65. The second-order valence-corrected chi connectivity index (χ2v) is 6.82. The first-order chi connectivity index (χ1) is 10.5. The number of β-amino-alcohol motifs (C(OH)–C–C–N with tert-alkyl or cyclic N) is 1. The Morgan fingerprint density at radius 1 is 1.36 bits per heavy atom. The molecule has 1 aliphatic heterocycles. The number of rotatable bonds is 4. The van der Waals surface area contributed by atoms with E-state index >= 15 is 0 Å². The number of carbonyl (C=O) groups excluding carboxylic acids is 1. The van der Waals surface area contributed by atoms with Gasteiger partial charge in [0, 0.05) is 25.1 Å². The van der Waals surface area contributed by atoms with Crippen molar-refractivity contribution in [1.29, 1.82) is 0 Å². The van der Waals surface area contributed by atoms with Gasteiger partial charge in [0.25, 0.3) is 0 Å². The normalized spacial score (nSPS) is 33.7. The van der Waals surface area contributed by atoms with Gasteiger partial charge in [0.15, 0.2) is 0 Å². The van der Waals surface area contributed by atoms with Crippen LogP contribution in [0.25, 0.3) is 0 Å². The molecule has 2 aliphatic rings. The Hall–Kier alpha value is -1.43. The van der Waals surface area contributed by atoms with Gasteiger partial charge in [-0.05, 0) is 31.5 Å². The molecule has 0 bridgehead atoms. The van der Waals surface area contributed by atoms with E-state index in [9.17, 15) is 15.0 Å². The molecule has 1 aromatic carbocycles. The molecule has 0 unspecified atom stereocenters. The molecule has 1 heterocycles. The molecule has 3 rings (SSSR count). The molecule has 0 radical (unpaired) electrons. The quantitative estimate of drug-likeness (QED) is 0.831. The summed E-state index contributed by atoms with van der Waals surface area (Å²) in [5.74, 6) is 0.198. The van der Waals surface area contributed by atoms with Crippen molar-refractivity contribution in [3.63, 3.8) is 0 Å². The van der Waals surface area contributed by atoms with Crippen LogP contribution in [0.3, 0.4) is 0 Å². The van der Waals surface area contributed by atoms with Gasteiger partial charge in [0.2, 0.25) is 5.91 Å². The average Bonchev–Trinajstić information content (AvgIpc) is 3.02. The van der Waals surface area contributed by atoms with E-state index in [2.05, 4.69) is 0 Å². The Balaban J connectivity index is 1.80. The Labute approximate surface area is 131 Å². The molecule has 1 spiro atoms. The zero-order valence-corrected chi connectivity index (χ0v) is 13.1. The van der Waals surface area contributed by atoms with E-state index in [4.69, 9.17) is 0 Å². The van der Waals surface area contributed by atoms with Crippen LogP contribution in [0, 0.1) is 11.3 Å². The fourth-order valence-electron chi connectivity index (χ4n) is 4.13. The molecule has 2 N–H and O–H groups in total. The summed E-state index contributed by atoms with van der Waals surface area (Å²) < 4.78 is 0. The maximum absolute atomic E-state index is 12.3. The highest BCUT2D eigenvalue weighted by atomic mass is 16.3. The first-order valence-electron chi connectivity index (χ1n) is 7.77. The van der Waals surface area contributed by atoms with Crippen LogP contribution in [0.4, 0.5) is 0 Å². The van der Waals surface area contributed by atoms with Gasteiger partial charge in [-0.1, -0.05) is 30.3 Å². The molecule has 5 nitrogen and oxygen atoms in total. The van der Waals surface area contributed by atoms with Gasteiger partial charge < -0.3 is 20.0 Å². The highest BCUT2D eigenvalue weighted by Crippen LogP contribution is 2.68. The third-order valence-corrected chi connectivity index (χ3v) is 5.20. The minimum Gasteiger partial charge on any atom is -0.396 e. The Kier molecular flexibility index (Phi) is 3.97. The lowest BCUT2D eigenvalue weighted by atomic mass is 9.95. The van der Waals surface area contributed by atoms with Crippen LogP contribution >= 0.6 is 0 Å². The molecule has 0 aromatic heterocycles. The number of nitrogens with zero attached hydrogens (tertiary/aromatic N) is 2. The highest BCUT2D eigenvalue weighted by Gasteiger charge is 2.71. The van der Waals surface area contributed by atoms with Crippen molar-refractivity contribution in [2.24, 2.45) is 11.3 Å². The van der Waals surface area contributed by atoms with E-state index in [1.165, 1.54) is 0 Å². The molecule has 22 heavy (non-hydrogen) atoms. The van der Waals surface area contributed by atoms with Crippen molar-refractivity contribution >= 4 is 5.91 Å². The van der Waals surface area contributed by atoms with E-state index in [0.29, 0.717) is 19.6 Å². The van der Waals surface area contributed by atoms with Crippen LogP contribution in [-0.2, 0) is 4.79 Å². The molecule has 1 aromatic rings. The van der Waals surface area contributed by atoms with Crippen LogP contribution in [0.1, 0.15) is 11.5 Å². The summed E-state index contributed by atoms with van der Waals surface area (Å²) in [6.45, 7) is 1.30. The lowest BCUT2D eigenvalue weighted by molar-refractivity contribution is -0.131. The van der Waals surface area contributed by atoms with Crippen LogP contribution in [-0.4, -0.2) is 72.4 Å². The molecule has 2 fully saturated rings. The Morgan fingerprint density at radius 2 is 2.05 bits per heavy atom. The van der Waals surface area contributed by atoms with Crippen LogP contribution < -0.4 is 0 Å². The SMILES string of the molecule is CN(C)CC(=O)N1C[C@H](O)[C@@]2(C1)[C@H](CO)[C@H]2c1ccccc1. The van der Waals surface area contributed by atoms with Crippen molar-refractivity contribution < 1.29 is 15.0 Å². The van der Waals surface area contributed by atoms with E-state index in [1.807, 2.05) is 49.3 Å². The monoisotopic (exact) mass is 304 g/mol. The van der Waals surface area contributed by atoms with E-state index in [-0.39, 0.29) is 29.8 Å². The lowest BCUT2D eigenvalue weighted by Crippen LogP contribution is -2.37. The summed E-state index contributed by atoms with van der Waals surface area (Å²) in [6, 6.07) is 10.0. The smallest absolute Gasteiger partial charge is 0.236 e. The number of aliphatic hydroxyl groups excluding tert-OH is 2. The van der Waals surface area contributed by atoms with E-state index in [0.717, 1.165) is 5.56 Å². The molecular weight excluding hydrogens is 280 g/mol. The number of carbonyl (C=O) groups is 1. The number of likely N-dealkylation sites (tertiary alicyclic amines) is 1. The number of amides is 1. The largest absolute Gasteiger partial charge is 0.396 e. The number of likely N-dealkylation sites (N-methyl/N-ethyl adjacent to an activating group) is 1. The molecule has 1 saturated heterocycles. The van der Waals surface area contributed by atoms with Gasteiger partial charge in [-0.3, -0.25) is 4.79 Å². The van der Waals surface area contributed by atoms with Crippen molar-refractivity contribution in [1.82, 2.24) is 9.80 Å². The van der Waals surface area contributed by atoms with Gasteiger partial charge in [-0.15, -0.1) is 0 Å². The van der Waals surface area contributed by atoms with Gasteiger partial charge in [0.1, 0.15) is 0 Å². The maximum Gasteiger partial charge on any atom is 0.236 e. The minimum atomic E-state index is -0.569. The van der Waals surface area contributed by atoms with E-state index in [1.54, 1.807) is 4.90 Å². The number of hydrogen-bond donors (Lipinski definition) is 2. The van der Waals surface area contributed by atoms with Crippen LogP contribution in [0.15, 0.2) is 30.3 Å². The Bertz CT molecular complexity index is 548. The third-order valence-electron chi connectivity index (χ3n) is 5.20. The molecule has 1 saturated carbocycles. The average molecular weight is 304 g/mol. The Morgan fingerprint density at radius 3 is 2.64 bits per heavy atom. The van der Waals surface area contributed by atoms with E-state index < -0.39 is 6.10 Å². The predicted octanol–water partition coefficient (Wildman–Crippen LogP) is 0.143. The highest BCUT2D eigenvalue weighted by molar-refractivity contribution is 5.79. The zero-order chi connectivity index (χ0) is 15.9. The van der Waals surface area contributed by atoms with Crippen LogP contribution in [0.5, 0.6) is 0 Å². The zero-order valence-electron chi connectivity index (χ0n) is 13.1. The molecule has 1 amide bonds. The molecule has 120 valence electrons. The summed E-state index contributed by atoms with van der Waals surface area (Å²) in [5.41, 5.74) is 0.764. The number of aliphatic hydroxyl groups is 2. The van der Waals surface area contributed by atoms with Crippen LogP contribution in [0.2, 0.25) is 0 Å². The summed E-state index contributed by atoms with van der Waals surface area (Å²) in [5, 5.41) is 20.3. The predicted molar refractivity (Wildman–Crippen MR) is 83.3 cm³/mol. The van der Waals surface area contributed by atoms with Gasteiger partial charge in [0.05, 0.1) is 12.6 Å². The van der Waals surface area contributed by atoms with Crippen molar-refractivity contribution in [2.45, 2.75) is 12.0 Å². The topological polar surface area (TPSA) is 64.0 Å². The summed E-state index contributed by atoms with van der Waals surface area (Å²) in [4.78, 5) is 15.9. The third kappa shape index (κ3) is 2.33. The standard InChI is InChI=1S/C17H24N2O3/c1-18(2)9-15(22)19-8-14(21)17(11-19)13(10-20)16(17)12-6-4-3-5-7-12/h3-7,13-14,16,20-21H,8-11H2,1-2H3/t13-,14+,16-,17-/m1/s1. The van der Waals surface area contributed by atoms with Gasteiger partial charge in [-0.2, -0.15) is 0 Å². The summed E-state index contributed by atoms with van der Waals surface area (Å²) >= 11 is 0. The maximum atomic E-state index is 12.3. The minimum absolute atomic E-state index is 0.0297. The fourth-order valence-corrected chi connectivity index (χ4v) is 4.13. The molecular formula is C17H24N2O3. The molecule has 1 aliphatic carbocycles. The van der Waals surface area contributed by atoms with Gasteiger partial charge >= 0.3 is 0 Å². The van der Waals surface area contributed by atoms with Crippen molar-refractivity contribution in [2.75, 3.05) is 40.3 Å². The number of hydrogen-bond acceptors (Lipinski definition) is 4. The second-order valence-electron chi connectivity index (χ2n) is 6.82. The number of benzene rings is 1. The summed E-state index contributed by atoms with van der Waals surface area (Å²) in [7, 11) is 3.72.